The summed E-state index contributed by atoms with van der Waals surface area (Å²) in [5.74, 6) is 2.56. The molecule has 2 aromatic rings. The lowest BCUT2D eigenvalue weighted by Crippen LogP contribution is -2.10. The molecule has 0 aliphatic rings. The van der Waals surface area contributed by atoms with E-state index in [2.05, 4.69) is 20.6 Å². The summed E-state index contributed by atoms with van der Waals surface area (Å²) in [7, 11) is 4.86. The monoisotopic (exact) mass is 304 g/mol. The van der Waals surface area contributed by atoms with E-state index >= 15 is 0 Å². The second kappa shape index (κ2) is 8.04. The van der Waals surface area contributed by atoms with Crippen molar-refractivity contribution < 1.29 is 14.2 Å². The Bertz CT molecular complexity index is 607. The van der Waals surface area contributed by atoms with Crippen LogP contribution in [0.15, 0.2) is 30.5 Å². The van der Waals surface area contributed by atoms with Crippen molar-refractivity contribution >= 4 is 17.5 Å². The fourth-order valence-corrected chi connectivity index (χ4v) is 1.84. The first-order valence-electron chi connectivity index (χ1n) is 6.81. The fraction of sp³-hybridized carbons (Fsp3) is 0.333. The number of rotatable bonds is 8. The van der Waals surface area contributed by atoms with E-state index in [1.165, 1.54) is 0 Å². The standard InChI is InChI=1S/C15H20N4O3/c1-20-9-8-17-15-16-7-6-14(19-15)18-11-4-5-12(21-2)13(10-11)22-3/h4-7,10H,8-9H2,1-3H3,(H2,16,17,18,19). The Morgan fingerprint density at radius 1 is 1.05 bits per heavy atom. The van der Waals surface area contributed by atoms with Gasteiger partial charge in [-0.25, -0.2) is 4.98 Å². The number of nitrogens with one attached hydrogen (secondary N) is 2. The van der Waals surface area contributed by atoms with Gasteiger partial charge in [-0.05, 0) is 18.2 Å². The predicted octanol–water partition coefficient (Wildman–Crippen LogP) is 2.30. The van der Waals surface area contributed by atoms with Crippen LogP contribution in [-0.2, 0) is 4.74 Å². The molecule has 0 saturated heterocycles. The Morgan fingerprint density at radius 3 is 2.59 bits per heavy atom. The van der Waals surface area contributed by atoms with Gasteiger partial charge in [-0.15, -0.1) is 0 Å². The Labute approximate surface area is 129 Å². The number of aromatic nitrogens is 2. The molecular formula is C15H20N4O3. The first-order valence-corrected chi connectivity index (χ1v) is 6.81. The maximum atomic E-state index is 5.28. The van der Waals surface area contributed by atoms with E-state index in [9.17, 15) is 0 Å². The van der Waals surface area contributed by atoms with Crippen molar-refractivity contribution in [1.29, 1.82) is 0 Å². The van der Waals surface area contributed by atoms with Crippen molar-refractivity contribution in [2.75, 3.05) is 45.1 Å². The van der Waals surface area contributed by atoms with Gasteiger partial charge < -0.3 is 24.8 Å². The maximum Gasteiger partial charge on any atom is 0.224 e. The summed E-state index contributed by atoms with van der Waals surface area (Å²) in [6.45, 7) is 1.24. The van der Waals surface area contributed by atoms with Gasteiger partial charge in [-0.3, -0.25) is 0 Å². The van der Waals surface area contributed by atoms with E-state index in [1.54, 1.807) is 33.6 Å². The Morgan fingerprint density at radius 2 is 1.86 bits per heavy atom. The van der Waals surface area contributed by atoms with Crippen LogP contribution in [0.4, 0.5) is 17.5 Å². The summed E-state index contributed by atoms with van der Waals surface area (Å²) in [5, 5.41) is 6.28. The number of hydrogen-bond donors (Lipinski definition) is 2. The maximum absolute atomic E-state index is 5.28. The highest BCUT2D eigenvalue weighted by Gasteiger charge is 2.05. The zero-order valence-electron chi connectivity index (χ0n) is 12.9. The number of ether oxygens (including phenoxy) is 3. The fourth-order valence-electron chi connectivity index (χ4n) is 1.84. The molecule has 0 radical (unpaired) electrons. The minimum Gasteiger partial charge on any atom is -0.493 e. The molecule has 0 amide bonds. The van der Waals surface area contributed by atoms with Crippen LogP contribution >= 0.6 is 0 Å². The van der Waals surface area contributed by atoms with Gasteiger partial charge in [0, 0.05) is 31.6 Å². The summed E-state index contributed by atoms with van der Waals surface area (Å²) >= 11 is 0. The molecule has 22 heavy (non-hydrogen) atoms. The highest BCUT2D eigenvalue weighted by atomic mass is 16.5. The minimum atomic E-state index is 0.544. The van der Waals surface area contributed by atoms with E-state index in [0.717, 1.165) is 5.69 Å². The average Bonchev–Trinajstić information content (AvgIpc) is 2.55. The molecule has 7 heteroatoms. The molecule has 1 heterocycles. The van der Waals surface area contributed by atoms with Gasteiger partial charge in [0.05, 0.1) is 20.8 Å². The topological polar surface area (TPSA) is 77.5 Å². The second-order valence-electron chi connectivity index (χ2n) is 4.38. The third-order valence-corrected chi connectivity index (χ3v) is 2.90. The third-order valence-electron chi connectivity index (χ3n) is 2.90. The number of methoxy groups -OCH3 is 3. The van der Waals surface area contributed by atoms with Gasteiger partial charge in [-0.2, -0.15) is 4.98 Å². The van der Waals surface area contributed by atoms with Crippen LogP contribution in [0.5, 0.6) is 11.5 Å². The molecule has 0 atom stereocenters. The first-order chi connectivity index (χ1) is 10.8. The molecule has 2 rings (SSSR count). The SMILES string of the molecule is COCCNc1nccc(Nc2ccc(OC)c(OC)c2)n1. The Hall–Kier alpha value is -2.54. The molecule has 0 unspecified atom stereocenters. The van der Waals surface area contributed by atoms with E-state index in [4.69, 9.17) is 14.2 Å². The number of nitrogens with zero attached hydrogens (tertiary/aromatic N) is 2. The van der Waals surface area contributed by atoms with Crippen molar-refractivity contribution in [3.8, 4) is 11.5 Å². The average molecular weight is 304 g/mol. The largest absolute Gasteiger partial charge is 0.493 e. The summed E-state index contributed by atoms with van der Waals surface area (Å²) in [6, 6.07) is 7.36. The van der Waals surface area contributed by atoms with Crippen LogP contribution in [-0.4, -0.2) is 44.4 Å². The van der Waals surface area contributed by atoms with Crippen LogP contribution < -0.4 is 20.1 Å². The zero-order valence-corrected chi connectivity index (χ0v) is 12.9. The van der Waals surface area contributed by atoms with E-state index in [1.807, 2.05) is 18.2 Å². The summed E-state index contributed by atoms with van der Waals surface area (Å²) < 4.78 is 15.5. The summed E-state index contributed by atoms with van der Waals surface area (Å²) in [6.07, 6.45) is 1.69. The van der Waals surface area contributed by atoms with Gasteiger partial charge in [-0.1, -0.05) is 0 Å². The van der Waals surface area contributed by atoms with Gasteiger partial charge in [0.15, 0.2) is 11.5 Å². The lowest BCUT2D eigenvalue weighted by molar-refractivity contribution is 0.210. The molecule has 2 N–H and O–H groups in total. The number of hydrogen-bond acceptors (Lipinski definition) is 7. The normalized spacial score (nSPS) is 10.1. The van der Waals surface area contributed by atoms with Gasteiger partial charge in [0.25, 0.3) is 0 Å². The molecule has 0 saturated carbocycles. The molecular weight excluding hydrogens is 284 g/mol. The van der Waals surface area contributed by atoms with E-state index < -0.39 is 0 Å². The van der Waals surface area contributed by atoms with E-state index in [-0.39, 0.29) is 0 Å². The van der Waals surface area contributed by atoms with Crippen LogP contribution in [0, 0.1) is 0 Å². The van der Waals surface area contributed by atoms with Gasteiger partial charge in [0.2, 0.25) is 5.95 Å². The molecule has 0 bridgehead atoms. The van der Waals surface area contributed by atoms with Crippen molar-refractivity contribution in [3.05, 3.63) is 30.5 Å². The van der Waals surface area contributed by atoms with E-state index in [0.29, 0.717) is 36.4 Å². The highest BCUT2D eigenvalue weighted by Crippen LogP contribution is 2.30. The van der Waals surface area contributed by atoms with Crippen molar-refractivity contribution in [3.63, 3.8) is 0 Å². The summed E-state index contributed by atoms with van der Waals surface area (Å²) in [4.78, 5) is 8.53. The lowest BCUT2D eigenvalue weighted by atomic mass is 10.2. The summed E-state index contributed by atoms with van der Waals surface area (Å²) in [5.41, 5.74) is 0.846. The highest BCUT2D eigenvalue weighted by molar-refractivity contribution is 5.61. The predicted molar refractivity (Wildman–Crippen MR) is 85.2 cm³/mol. The molecule has 7 nitrogen and oxygen atoms in total. The van der Waals surface area contributed by atoms with Crippen LogP contribution in [0.2, 0.25) is 0 Å². The molecule has 1 aromatic carbocycles. The third kappa shape index (κ3) is 4.23. The number of benzene rings is 1. The lowest BCUT2D eigenvalue weighted by Gasteiger charge is -2.11. The number of anilines is 3. The van der Waals surface area contributed by atoms with Crippen LogP contribution in [0.3, 0.4) is 0 Å². The van der Waals surface area contributed by atoms with Crippen LogP contribution in [0.1, 0.15) is 0 Å². The second-order valence-corrected chi connectivity index (χ2v) is 4.38. The Balaban J connectivity index is 2.08. The Kier molecular flexibility index (Phi) is 5.79. The molecule has 0 fully saturated rings. The van der Waals surface area contributed by atoms with Gasteiger partial charge >= 0.3 is 0 Å². The first kappa shape index (κ1) is 15.8. The van der Waals surface area contributed by atoms with Crippen molar-refractivity contribution in [2.24, 2.45) is 0 Å². The zero-order chi connectivity index (χ0) is 15.8. The van der Waals surface area contributed by atoms with Gasteiger partial charge in [0.1, 0.15) is 5.82 Å². The minimum absolute atomic E-state index is 0.544. The van der Waals surface area contributed by atoms with Crippen LogP contribution in [0.25, 0.3) is 0 Å². The van der Waals surface area contributed by atoms with Crippen molar-refractivity contribution in [1.82, 2.24) is 9.97 Å². The molecule has 0 aliphatic carbocycles. The quantitative estimate of drug-likeness (QED) is 0.724. The molecule has 118 valence electrons. The molecule has 0 aliphatic heterocycles. The molecule has 1 aromatic heterocycles. The smallest absolute Gasteiger partial charge is 0.224 e. The molecule has 0 spiro atoms. The van der Waals surface area contributed by atoms with Crippen molar-refractivity contribution in [2.45, 2.75) is 0 Å².